The summed E-state index contributed by atoms with van der Waals surface area (Å²) in [5, 5.41) is 2.45. The molecule has 16 heavy (non-hydrogen) atoms. The fraction of sp³-hybridized carbons (Fsp3) is 0.250. The van der Waals surface area contributed by atoms with E-state index in [2.05, 4.69) is 24.0 Å². The molecular weight excluding hydrogens is 236 g/mol. The zero-order valence-electron chi connectivity index (χ0n) is 8.93. The van der Waals surface area contributed by atoms with E-state index in [1.807, 2.05) is 23.9 Å². The maximum Gasteiger partial charge on any atom is 0.108 e. The lowest BCUT2D eigenvalue weighted by molar-refractivity contribution is 0.866. The average molecular weight is 248 g/mol. The summed E-state index contributed by atoms with van der Waals surface area (Å²) in [5.41, 5.74) is 6.61. The molecule has 2 N–H and O–H groups in total. The predicted octanol–water partition coefficient (Wildman–Crippen LogP) is 3.37. The molecule has 1 aromatic carbocycles. The van der Waals surface area contributed by atoms with Crippen LogP contribution in [0.5, 0.6) is 0 Å². The van der Waals surface area contributed by atoms with Crippen molar-refractivity contribution in [1.29, 1.82) is 0 Å². The number of nitrogens with two attached hydrogens (primary N) is 1. The maximum atomic E-state index is 5.78. The highest BCUT2D eigenvalue weighted by Gasteiger charge is 2.17. The van der Waals surface area contributed by atoms with E-state index in [0.717, 1.165) is 11.4 Å². The van der Waals surface area contributed by atoms with E-state index in [9.17, 15) is 0 Å². The number of fused-ring (bicyclic) bond motifs is 1. The smallest absolute Gasteiger partial charge is 0.108 e. The second-order valence-electron chi connectivity index (χ2n) is 4.00. The van der Waals surface area contributed by atoms with Crippen molar-refractivity contribution in [2.45, 2.75) is 13.0 Å². The van der Waals surface area contributed by atoms with Gasteiger partial charge in [0.15, 0.2) is 0 Å². The van der Waals surface area contributed by atoms with Crippen LogP contribution in [-0.2, 0) is 0 Å². The summed E-state index contributed by atoms with van der Waals surface area (Å²) in [7, 11) is 0. The van der Waals surface area contributed by atoms with Crippen molar-refractivity contribution in [2.75, 3.05) is 11.5 Å². The average Bonchev–Trinajstić information content (AvgIpc) is 2.83. The zero-order chi connectivity index (χ0) is 11.1. The van der Waals surface area contributed by atoms with Crippen molar-refractivity contribution in [1.82, 2.24) is 0 Å². The minimum Gasteiger partial charge on any atom is -0.399 e. The van der Waals surface area contributed by atoms with Gasteiger partial charge in [0.05, 0.1) is 10.9 Å². The van der Waals surface area contributed by atoms with E-state index in [1.54, 1.807) is 11.3 Å². The SMILES string of the molecule is CC1CSC(c2cc3ccc(N)cc3s2)=N1. The van der Waals surface area contributed by atoms with Crippen molar-refractivity contribution in [3.8, 4) is 0 Å². The van der Waals surface area contributed by atoms with E-state index in [4.69, 9.17) is 5.73 Å². The number of hydrogen-bond donors (Lipinski definition) is 1. The Bertz CT molecular complexity index is 571. The van der Waals surface area contributed by atoms with Crippen LogP contribution in [0.4, 0.5) is 5.69 Å². The molecule has 1 atom stereocenters. The first-order chi connectivity index (χ1) is 7.72. The second kappa shape index (κ2) is 3.79. The van der Waals surface area contributed by atoms with Gasteiger partial charge in [-0.15, -0.1) is 23.1 Å². The molecule has 0 saturated heterocycles. The lowest BCUT2D eigenvalue weighted by atomic mass is 10.2. The molecule has 1 unspecified atom stereocenters. The Labute approximate surface area is 103 Å². The van der Waals surface area contributed by atoms with Gasteiger partial charge in [-0.3, -0.25) is 4.99 Å². The number of aliphatic imine (C=N–C) groups is 1. The number of thiophene rings is 1. The molecule has 4 heteroatoms. The highest BCUT2D eigenvalue weighted by molar-refractivity contribution is 8.15. The molecule has 0 aliphatic carbocycles. The molecular formula is C12H12N2S2. The quantitative estimate of drug-likeness (QED) is 0.786. The summed E-state index contributed by atoms with van der Waals surface area (Å²) in [6.45, 7) is 2.16. The monoisotopic (exact) mass is 248 g/mol. The van der Waals surface area contributed by atoms with Gasteiger partial charge in [-0.1, -0.05) is 6.07 Å². The van der Waals surface area contributed by atoms with Crippen molar-refractivity contribution in [3.63, 3.8) is 0 Å². The minimum atomic E-state index is 0.454. The number of anilines is 1. The van der Waals surface area contributed by atoms with Crippen LogP contribution >= 0.6 is 23.1 Å². The molecule has 0 amide bonds. The van der Waals surface area contributed by atoms with Crippen molar-refractivity contribution >= 4 is 43.9 Å². The van der Waals surface area contributed by atoms with Gasteiger partial charge < -0.3 is 5.73 Å². The van der Waals surface area contributed by atoms with Crippen LogP contribution in [0, 0.1) is 0 Å². The summed E-state index contributed by atoms with van der Waals surface area (Å²) in [6.07, 6.45) is 0. The predicted molar refractivity (Wildman–Crippen MR) is 74.7 cm³/mol. The lowest BCUT2D eigenvalue weighted by Crippen LogP contribution is -1.92. The number of thioether (sulfide) groups is 1. The van der Waals surface area contributed by atoms with E-state index in [0.29, 0.717) is 6.04 Å². The molecule has 3 rings (SSSR count). The number of rotatable bonds is 1. The molecule has 2 heterocycles. The van der Waals surface area contributed by atoms with Crippen LogP contribution in [0.3, 0.4) is 0 Å². The molecule has 0 bridgehead atoms. The molecule has 0 spiro atoms. The number of hydrogen-bond acceptors (Lipinski definition) is 4. The summed E-state index contributed by atoms with van der Waals surface area (Å²) < 4.78 is 1.25. The zero-order valence-corrected chi connectivity index (χ0v) is 10.6. The number of benzene rings is 1. The van der Waals surface area contributed by atoms with Gasteiger partial charge in [-0.05, 0) is 30.5 Å². The van der Waals surface area contributed by atoms with Crippen LogP contribution in [-0.4, -0.2) is 16.8 Å². The molecule has 1 aliphatic rings. The molecule has 0 fully saturated rings. The first kappa shape index (κ1) is 10.2. The minimum absolute atomic E-state index is 0.454. The van der Waals surface area contributed by atoms with E-state index < -0.39 is 0 Å². The van der Waals surface area contributed by atoms with Crippen molar-refractivity contribution in [2.24, 2.45) is 4.99 Å². The normalized spacial score (nSPS) is 20.3. The third kappa shape index (κ3) is 1.72. The topological polar surface area (TPSA) is 38.4 Å². The standard InChI is InChI=1S/C12H12N2S2/c1-7-6-15-12(14-7)11-4-8-2-3-9(13)5-10(8)16-11/h2-5,7H,6,13H2,1H3. The van der Waals surface area contributed by atoms with Gasteiger partial charge in [0.2, 0.25) is 0 Å². The summed E-state index contributed by atoms with van der Waals surface area (Å²) in [5.74, 6) is 1.10. The highest BCUT2D eigenvalue weighted by Crippen LogP contribution is 2.32. The van der Waals surface area contributed by atoms with Gasteiger partial charge in [0.25, 0.3) is 0 Å². The van der Waals surface area contributed by atoms with E-state index in [1.165, 1.54) is 20.0 Å². The molecule has 2 nitrogen and oxygen atoms in total. The first-order valence-electron chi connectivity index (χ1n) is 5.22. The Balaban J connectivity index is 2.09. The molecule has 1 aromatic heterocycles. The summed E-state index contributed by atoms with van der Waals surface area (Å²) in [4.78, 5) is 5.91. The Morgan fingerprint density at radius 2 is 2.25 bits per heavy atom. The maximum absolute atomic E-state index is 5.78. The van der Waals surface area contributed by atoms with Crippen molar-refractivity contribution < 1.29 is 0 Å². The fourth-order valence-electron chi connectivity index (χ4n) is 1.76. The Morgan fingerprint density at radius 3 is 3.00 bits per heavy atom. The highest BCUT2D eigenvalue weighted by atomic mass is 32.2. The van der Waals surface area contributed by atoms with Crippen LogP contribution in [0.1, 0.15) is 11.8 Å². The van der Waals surface area contributed by atoms with Gasteiger partial charge >= 0.3 is 0 Å². The van der Waals surface area contributed by atoms with Crippen LogP contribution in [0.15, 0.2) is 29.3 Å². The fourth-order valence-corrected chi connectivity index (χ4v) is 4.00. The Hall–Kier alpha value is -1.00. The molecule has 82 valence electrons. The number of nitrogens with zero attached hydrogens (tertiary/aromatic N) is 1. The largest absolute Gasteiger partial charge is 0.399 e. The third-order valence-electron chi connectivity index (χ3n) is 2.55. The molecule has 2 aromatic rings. The Kier molecular flexibility index (Phi) is 2.41. The van der Waals surface area contributed by atoms with Gasteiger partial charge in [0.1, 0.15) is 5.04 Å². The lowest BCUT2D eigenvalue weighted by Gasteiger charge is -1.91. The van der Waals surface area contributed by atoms with Gasteiger partial charge in [-0.25, -0.2) is 0 Å². The Morgan fingerprint density at radius 1 is 1.38 bits per heavy atom. The van der Waals surface area contributed by atoms with E-state index in [-0.39, 0.29) is 0 Å². The summed E-state index contributed by atoms with van der Waals surface area (Å²) in [6, 6.07) is 8.73. The van der Waals surface area contributed by atoms with Crippen LogP contribution < -0.4 is 5.73 Å². The second-order valence-corrected chi connectivity index (χ2v) is 6.09. The van der Waals surface area contributed by atoms with Gasteiger partial charge in [0, 0.05) is 16.1 Å². The van der Waals surface area contributed by atoms with E-state index >= 15 is 0 Å². The third-order valence-corrected chi connectivity index (χ3v) is 5.04. The van der Waals surface area contributed by atoms with Crippen molar-refractivity contribution in [3.05, 3.63) is 29.1 Å². The summed E-state index contributed by atoms with van der Waals surface area (Å²) >= 11 is 3.63. The molecule has 1 aliphatic heterocycles. The van der Waals surface area contributed by atoms with Crippen LogP contribution in [0.2, 0.25) is 0 Å². The number of nitrogen functional groups attached to an aromatic ring is 1. The molecule has 0 saturated carbocycles. The molecule has 0 radical (unpaired) electrons. The van der Waals surface area contributed by atoms with Crippen LogP contribution in [0.25, 0.3) is 10.1 Å². The first-order valence-corrected chi connectivity index (χ1v) is 7.02. The van der Waals surface area contributed by atoms with Gasteiger partial charge in [-0.2, -0.15) is 0 Å².